The van der Waals surface area contributed by atoms with Crippen molar-refractivity contribution in [3.63, 3.8) is 0 Å². The maximum atomic E-state index is 12.5. The summed E-state index contributed by atoms with van der Waals surface area (Å²) in [5, 5.41) is 0. The van der Waals surface area contributed by atoms with E-state index in [-0.39, 0.29) is 28.5 Å². The van der Waals surface area contributed by atoms with Crippen LogP contribution in [0.2, 0.25) is 0 Å². The van der Waals surface area contributed by atoms with Crippen molar-refractivity contribution in [3.8, 4) is 0 Å². The number of carbonyl (C=O) groups excluding carboxylic acids is 3. The molecule has 0 aromatic heterocycles. The van der Waals surface area contributed by atoms with Crippen molar-refractivity contribution in [3.05, 3.63) is 0 Å². The van der Waals surface area contributed by atoms with E-state index in [0.717, 1.165) is 44.9 Å². The highest BCUT2D eigenvalue weighted by Gasteiger charge is 2.62. The highest BCUT2D eigenvalue weighted by Crippen LogP contribution is 2.65. The number of fused-ring (bicyclic) bond motifs is 5. The van der Waals surface area contributed by atoms with Gasteiger partial charge in [-0.3, -0.25) is 14.4 Å². The number of esters is 1. The van der Waals surface area contributed by atoms with Crippen LogP contribution in [0.15, 0.2) is 0 Å². The van der Waals surface area contributed by atoms with Crippen LogP contribution in [-0.4, -0.2) is 23.6 Å². The highest BCUT2D eigenvalue weighted by atomic mass is 16.5. The number of carbonyl (C=O) groups is 3. The number of hydrogen-bond donors (Lipinski definition) is 0. The Bertz CT molecular complexity index is 625. The molecule has 7 atom stereocenters. The fourth-order valence-electron chi connectivity index (χ4n) is 7.21. The molecule has 0 spiro atoms. The summed E-state index contributed by atoms with van der Waals surface area (Å²) in [6, 6.07) is 0. The van der Waals surface area contributed by atoms with Gasteiger partial charge in [-0.1, -0.05) is 13.8 Å². The van der Waals surface area contributed by atoms with Gasteiger partial charge in [-0.25, -0.2) is 0 Å². The fourth-order valence-corrected chi connectivity index (χ4v) is 7.21. The molecule has 4 rings (SSSR count). The van der Waals surface area contributed by atoms with Gasteiger partial charge in [-0.15, -0.1) is 0 Å². The molecule has 4 aliphatic carbocycles. The lowest BCUT2D eigenvalue weighted by Gasteiger charge is -2.60. The molecule has 4 saturated carbocycles. The van der Waals surface area contributed by atoms with E-state index in [1.54, 1.807) is 0 Å². The topological polar surface area (TPSA) is 60.4 Å². The first kappa shape index (κ1) is 17.2. The Morgan fingerprint density at radius 2 is 1.72 bits per heavy atom. The van der Waals surface area contributed by atoms with Crippen molar-refractivity contribution in [2.45, 2.75) is 78.2 Å². The first-order chi connectivity index (χ1) is 11.8. The molecule has 4 nitrogen and oxygen atoms in total. The van der Waals surface area contributed by atoms with Gasteiger partial charge in [-0.2, -0.15) is 0 Å². The van der Waals surface area contributed by atoms with Gasteiger partial charge in [0.2, 0.25) is 0 Å². The monoisotopic (exact) mass is 346 g/mol. The average Bonchev–Trinajstić information content (AvgIpc) is 2.86. The van der Waals surface area contributed by atoms with Gasteiger partial charge in [0.05, 0.1) is 0 Å². The van der Waals surface area contributed by atoms with Crippen molar-refractivity contribution in [1.82, 2.24) is 0 Å². The molecule has 2 unspecified atom stereocenters. The lowest BCUT2D eigenvalue weighted by molar-refractivity contribution is -0.179. The Labute approximate surface area is 150 Å². The number of ether oxygens (including phenoxy) is 1. The van der Waals surface area contributed by atoms with Gasteiger partial charge < -0.3 is 4.74 Å². The zero-order chi connectivity index (χ0) is 18.0. The summed E-state index contributed by atoms with van der Waals surface area (Å²) < 4.78 is 5.50. The predicted octanol–water partition coefficient (Wildman–Crippen LogP) is 3.71. The molecule has 0 radical (unpaired) electrons. The standard InChI is InChI=1S/C21H30O4/c1-12(22)25-19-16-5-4-13-14-6-7-18(24)21(14,3)10-8-15(13)20(16,2)11-9-17(19)23/h13-16,19H,4-11H2,1-3H3/t13-,14-,15+,16?,19?,20+,21-/m0/s1. The second-order valence-corrected chi connectivity index (χ2v) is 9.48. The van der Waals surface area contributed by atoms with Crippen LogP contribution in [0, 0.1) is 34.5 Å². The molecule has 0 heterocycles. The molecule has 4 aliphatic rings. The molecular weight excluding hydrogens is 316 g/mol. The maximum Gasteiger partial charge on any atom is 0.303 e. The zero-order valence-corrected chi connectivity index (χ0v) is 15.7. The van der Waals surface area contributed by atoms with Crippen molar-refractivity contribution in [1.29, 1.82) is 0 Å². The quantitative estimate of drug-likeness (QED) is 0.679. The zero-order valence-electron chi connectivity index (χ0n) is 15.7. The normalized spacial score (nSPS) is 49.2. The summed E-state index contributed by atoms with van der Waals surface area (Å²) in [4.78, 5) is 36.5. The number of ketones is 2. The van der Waals surface area contributed by atoms with Crippen molar-refractivity contribution < 1.29 is 19.1 Å². The summed E-state index contributed by atoms with van der Waals surface area (Å²) in [7, 11) is 0. The Kier molecular flexibility index (Phi) is 3.90. The minimum atomic E-state index is -0.546. The Morgan fingerprint density at radius 3 is 2.44 bits per heavy atom. The van der Waals surface area contributed by atoms with E-state index in [1.807, 2.05) is 0 Å². The van der Waals surface area contributed by atoms with Gasteiger partial charge in [0.1, 0.15) is 5.78 Å². The van der Waals surface area contributed by atoms with E-state index in [9.17, 15) is 14.4 Å². The molecule has 138 valence electrons. The average molecular weight is 346 g/mol. The lowest BCUT2D eigenvalue weighted by atomic mass is 9.45. The molecular formula is C21H30O4. The van der Waals surface area contributed by atoms with E-state index in [1.165, 1.54) is 6.92 Å². The minimum absolute atomic E-state index is 0.0594. The summed E-state index contributed by atoms with van der Waals surface area (Å²) in [6.07, 6.45) is 6.77. The first-order valence-corrected chi connectivity index (χ1v) is 10.0. The number of hydrogen-bond acceptors (Lipinski definition) is 4. The molecule has 0 amide bonds. The SMILES string of the molecule is CC(=O)OC1C(=O)CC[C@@]2(C)C1CC[C@@H]1[C@H]2CC[C@]2(C)C(=O)CC[C@@H]12. The van der Waals surface area contributed by atoms with Crippen LogP contribution < -0.4 is 0 Å². The van der Waals surface area contributed by atoms with E-state index >= 15 is 0 Å². The van der Waals surface area contributed by atoms with Crippen LogP contribution in [0.5, 0.6) is 0 Å². The second kappa shape index (κ2) is 5.65. The highest BCUT2D eigenvalue weighted by molar-refractivity contribution is 5.87. The van der Waals surface area contributed by atoms with Crippen LogP contribution in [0.25, 0.3) is 0 Å². The molecule has 0 aromatic rings. The Morgan fingerprint density at radius 1 is 0.960 bits per heavy atom. The second-order valence-electron chi connectivity index (χ2n) is 9.48. The Balaban J connectivity index is 1.64. The fraction of sp³-hybridized carbons (Fsp3) is 0.857. The van der Waals surface area contributed by atoms with Crippen LogP contribution in [0.3, 0.4) is 0 Å². The van der Waals surface area contributed by atoms with Gasteiger partial charge in [-0.05, 0) is 61.7 Å². The first-order valence-electron chi connectivity index (χ1n) is 10.0. The molecule has 4 fully saturated rings. The van der Waals surface area contributed by atoms with Crippen molar-refractivity contribution in [2.24, 2.45) is 34.5 Å². The smallest absolute Gasteiger partial charge is 0.303 e. The third kappa shape index (κ3) is 2.35. The molecule has 0 bridgehead atoms. The third-order valence-corrected chi connectivity index (χ3v) is 8.54. The summed E-state index contributed by atoms with van der Waals surface area (Å²) in [6.45, 7) is 5.93. The lowest BCUT2D eigenvalue weighted by Crippen LogP contribution is -2.58. The summed E-state index contributed by atoms with van der Waals surface area (Å²) in [5.41, 5.74) is -0.0476. The van der Waals surface area contributed by atoms with Crippen molar-refractivity contribution >= 4 is 17.5 Å². The molecule has 4 heteroatoms. The molecule has 0 aliphatic heterocycles. The van der Waals surface area contributed by atoms with Crippen LogP contribution in [0.1, 0.15) is 72.1 Å². The molecule has 0 saturated heterocycles. The maximum absolute atomic E-state index is 12.5. The summed E-state index contributed by atoms with van der Waals surface area (Å²) >= 11 is 0. The van der Waals surface area contributed by atoms with Gasteiger partial charge >= 0.3 is 5.97 Å². The third-order valence-electron chi connectivity index (χ3n) is 8.54. The van der Waals surface area contributed by atoms with E-state index in [4.69, 9.17) is 4.74 Å². The molecule has 0 aromatic carbocycles. The predicted molar refractivity (Wildman–Crippen MR) is 92.7 cm³/mol. The largest absolute Gasteiger partial charge is 0.454 e. The Hall–Kier alpha value is -1.19. The van der Waals surface area contributed by atoms with Crippen LogP contribution in [0.4, 0.5) is 0 Å². The molecule has 0 N–H and O–H groups in total. The van der Waals surface area contributed by atoms with Crippen molar-refractivity contribution in [2.75, 3.05) is 0 Å². The van der Waals surface area contributed by atoms with E-state index in [0.29, 0.717) is 30.0 Å². The van der Waals surface area contributed by atoms with Crippen LogP contribution >= 0.6 is 0 Å². The van der Waals surface area contributed by atoms with E-state index < -0.39 is 6.10 Å². The summed E-state index contributed by atoms with van der Waals surface area (Å²) in [5.74, 6) is 2.05. The van der Waals surface area contributed by atoms with E-state index in [2.05, 4.69) is 13.8 Å². The van der Waals surface area contributed by atoms with Gasteiger partial charge in [0, 0.05) is 31.1 Å². The van der Waals surface area contributed by atoms with Gasteiger partial charge in [0.25, 0.3) is 0 Å². The minimum Gasteiger partial charge on any atom is -0.454 e. The molecule has 25 heavy (non-hydrogen) atoms. The number of Topliss-reactive ketones (excluding diaryl/α,β-unsaturated/α-hetero) is 2. The van der Waals surface area contributed by atoms with Crippen LogP contribution in [-0.2, 0) is 19.1 Å². The number of rotatable bonds is 1. The van der Waals surface area contributed by atoms with Gasteiger partial charge in [0.15, 0.2) is 11.9 Å².